The van der Waals surface area contributed by atoms with Crippen LogP contribution in [0.2, 0.25) is 5.02 Å². The summed E-state index contributed by atoms with van der Waals surface area (Å²) in [6.07, 6.45) is -1.05. The maximum atomic E-state index is 14.1. The quantitative estimate of drug-likeness (QED) is 0.180. The standard InChI is InChI=1S/C25H28ClN3O9S2/c1-8-36-25(32)29(20-13(2)11-14(3)21(15(20)4)37-17(6)30)23(31)22-18(9-10-39-22)40(33,34)28(12-35-7)24-19(26)16(5)27-38-24/h9-11H,8,12H2,1-7H3. The van der Waals surface area contributed by atoms with Crippen LogP contribution in [0.1, 0.15) is 45.9 Å². The topological polar surface area (TPSA) is 146 Å². The third-order valence-electron chi connectivity index (χ3n) is 5.62. The molecular formula is C25H28ClN3O9S2. The highest BCUT2D eigenvalue weighted by molar-refractivity contribution is 7.93. The fourth-order valence-corrected chi connectivity index (χ4v) is 6.87. The van der Waals surface area contributed by atoms with E-state index < -0.39 is 39.6 Å². The number of rotatable bonds is 9. The zero-order valence-corrected chi connectivity index (χ0v) is 25.2. The fourth-order valence-electron chi connectivity index (χ4n) is 4.00. The molecule has 3 aromatic rings. The number of aromatic nitrogens is 1. The Morgan fingerprint density at radius 3 is 2.38 bits per heavy atom. The molecule has 0 spiro atoms. The number of nitrogens with zero attached hydrogens (tertiary/aromatic N) is 3. The lowest BCUT2D eigenvalue weighted by atomic mass is 10.0. The largest absolute Gasteiger partial charge is 0.449 e. The van der Waals surface area contributed by atoms with E-state index in [1.807, 2.05) is 0 Å². The first kappa shape index (κ1) is 31.1. The number of imide groups is 1. The molecule has 12 nitrogen and oxygen atoms in total. The minimum Gasteiger partial charge on any atom is -0.449 e. The van der Waals surface area contributed by atoms with Crippen LogP contribution in [0.5, 0.6) is 5.75 Å². The molecule has 0 atom stereocenters. The van der Waals surface area contributed by atoms with E-state index in [2.05, 4.69) is 5.16 Å². The van der Waals surface area contributed by atoms with Gasteiger partial charge in [0.15, 0.2) is 0 Å². The lowest BCUT2D eigenvalue weighted by Gasteiger charge is -2.26. The minimum atomic E-state index is -4.53. The highest BCUT2D eigenvalue weighted by atomic mass is 35.5. The van der Waals surface area contributed by atoms with Crippen molar-refractivity contribution in [1.29, 1.82) is 0 Å². The number of aryl methyl sites for hydroxylation is 3. The van der Waals surface area contributed by atoms with Gasteiger partial charge in [0.2, 0.25) is 0 Å². The van der Waals surface area contributed by atoms with Crippen molar-refractivity contribution in [2.45, 2.75) is 46.4 Å². The zero-order valence-electron chi connectivity index (χ0n) is 22.9. The van der Waals surface area contributed by atoms with Crippen LogP contribution >= 0.6 is 22.9 Å². The predicted octanol–water partition coefficient (Wildman–Crippen LogP) is 5.15. The summed E-state index contributed by atoms with van der Waals surface area (Å²) >= 11 is 7.03. The van der Waals surface area contributed by atoms with E-state index in [1.54, 1.807) is 33.8 Å². The van der Waals surface area contributed by atoms with Crippen molar-refractivity contribution in [3.8, 4) is 5.75 Å². The normalized spacial score (nSPS) is 11.3. The number of halogens is 1. The summed E-state index contributed by atoms with van der Waals surface area (Å²) in [7, 11) is -3.26. The van der Waals surface area contributed by atoms with Gasteiger partial charge in [0, 0.05) is 19.6 Å². The molecule has 2 heterocycles. The van der Waals surface area contributed by atoms with E-state index >= 15 is 0 Å². The second kappa shape index (κ2) is 12.4. The average Bonchev–Trinajstić information content (AvgIpc) is 3.50. The maximum absolute atomic E-state index is 14.1. The van der Waals surface area contributed by atoms with E-state index in [-0.39, 0.29) is 39.5 Å². The Kier molecular flexibility index (Phi) is 9.61. The Balaban J connectivity index is 2.22. The number of carbonyl (C=O) groups is 3. The second-order valence-corrected chi connectivity index (χ2v) is 11.6. The molecule has 0 fully saturated rings. The Morgan fingerprint density at radius 1 is 1.15 bits per heavy atom. The van der Waals surface area contributed by atoms with Crippen LogP contribution in [0.15, 0.2) is 26.9 Å². The summed E-state index contributed by atoms with van der Waals surface area (Å²) in [5, 5.41) is 5.04. The first-order valence-corrected chi connectivity index (χ1v) is 14.5. The summed E-state index contributed by atoms with van der Waals surface area (Å²) in [5.74, 6) is -1.71. The van der Waals surface area contributed by atoms with Gasteiger partial charge >= 0.3 is 12.1 Å². The smallest absolute Gasteiger partial charge is 0.421 e. The highest BCUT2D eigenvalue weighted by Gasteiger charge is 2.38. The van der Waals surface area contributed by atoms with Gasteiger partial charge in [-0.1, -0.05) is 22.8 Å². The third-order valence-corrected chi connectivity index (χ3v) is 8.84. The van der Waals surface area contributed by atoms with E-state index in [0.717, 1.165) is 20.5 Å². The molecule has 0 aliphatic rings. The van der Waals surface area contributed by atoms with E-state index in [0.29, 0.717) is 16.7 Å². The van der Waals surface area contributed by atoms with Crippen molar-refractivity contribution in [2.24, 2.45) is 0 Å². The number of ether oxygens (including phenoxy) is 3. The molecule has 15 heteroatoms. The van der Waals surface area contributed by atoms with E-state index in [9.17, 15) is 22.8 Å². The van der Waals surface area contributed by atoms with Crippen molar-refractivity contribution in [2.75, 3.05) is 29.7 Å². The molecule has 0 unspecified atom stereocenters. The van der Waals surface area contributed by atoms with Crippen LogP contribution in [-0.2, 0) is 24.3 Å². The number of thiophene rings is 1. The van der Waals surface area contributed by atoms with Gasteiger partial charge in [0.1, 0.15) is 33.0 Å². The summed E-state index contributed by atoms with van der Waals surface area (Å²) in [6.45, 7) is 8.69. The monoisotopic (exact) mass is 613 g/mol. The molecule has 1 aromatic carbocycles. The van der Waals surface area contributed by atoms with Crippen molar-refractivity contribution in [3.05, 3.63) is 49.8 Å². The molecule has 0 aliphatic carbocycles. The number of amides is 2. The minimum absolute atomic E-state index is 0.0548. The van der Waals surface area contributed by atoms with Gasteiger partial charge in [-0.3, -0.25) is 9.59 Å². The van der Waals surface area contributed by atoms with Crippen molar-refractivity contribution in [3.63, 3.8) is 0 Å². The molecule has 40 heavy (non-hydrogen) atoms. The van der Waals surface area contributed by atoms with Crippen LogP contribution in [0.3, 0.4) is 0 Å². The molecule has 2 aromatic heterocycles. The molecule has 0 saturated heterocycles. The summed E-state index contributed by atoms with van der Waals surface area (Å²) in [6, 6.07) is 2.86. The van der Waals surface area contributed by atoms with Gasteiger partial charge in [-0.25, -0.2) is 22.4 Å². The van der Waals surface area contributed by atoms with Gasteiger partial charge < -0.3 is 18.7 Å². The number of carbonyl (C=O) groups excluding carboxylic acids is 3. The molecule has 0 N–H and O–H groups in total. The Bertz CT molecular complexity index is 1560. The van der Waals surface area contributed by atoms with Crippen LogP contribution in [0.4, 0.5) is 16.4 Å². The summed E-state index contributed by atoms with van der Waals surface area (Å²) < 4.78 is 49.2. The third kappa shape index (κ3) is 5.84. The van der Waals surface area contributed by atoms with Crippen LogP contribution in [0, 0.1) is 27.7 Å². The molecule has 3 rings (SSSR count). The molecule has 0 bridgehead atoms. The number of sulfonamides is 1. The summed E-state index contributed by atoms with van der Waals surface area (Å²) in [5.41, 5.74) is 1.72. The molecule has 0 aliphatic heterocycles. The Hall–Kier alpha value is -3.46. The molecule has 2 amide bonds. The SMILES string of the molecule is CCOC(=O)N(C(=O)c1sccc1S(=O)(=O)N(COC)c1onc(C)c1Cl)c1c(C)cc(C)c(OC(C)=O)c1C. The first-order valence-electron chi connectivity index (χ1n) is 11.8. The number of hydrogen-bond acceptors (Lipinski definition) is 11. The van der Waals surface area contributed by atoms with Gasteiger partial charge in [-0.15, -0.1) is 11.3 Å². The van der Waals surface area contributed by atoms with Crippen molar-refractivity contribution >= 4 is 62.5 Å². The fraction of sp³-hybridized carbons (Fsp3) is 0.360. The van der Waals surface area contributed by atoms with Crippen molar-refractivity contribution < 1.29 is 41.5 Å². The van der Waals surface area contributed by atoms with Crippen LogP contribution < -0.4 is 13.9 Å². The lowest BCUT2D eigenvalue weighted by Crippen LogP contribution is -2.40. The van der Waals surface area contributed by atoms with Crippen molar-refractivity contribution in [1.82, 2.24) is 5.16 Å². The highest BCUT2D eigenvalue weighted by Crippen LogP contribution is 2.39. The molecule has 216 valence electrons. The van der Waals surface area contributed by atoms with E-state index in [4.69, 9.17) is 30.3 Å². The Morgan fingerprint density at radius 2 is 1.82 bits per heavy atom. The molecular weight excluding hydrogens is 586 g/mol. The van der Waals surface area contributed by atoms with Crippen LogP contribution in [-0.4, -0.2) is 52.0 Å². The van der Waals surface area contributed by atoms with Gasteiger partial charge in [-0.2, -0.15) is 0 Å². The predicted molar refractivity (Wildman–Crippen MR) is 148 cm³/mol. The van der Waals surface area contributed by atoms with Gasteiger partial charge in [-0.05, 0) is 57.2 Å². The number of esters is 1. The zero-order chi connectivity index (χ0) is 29.9. The first-order chi connectivity index (χ1) is 18.8. The number of hydrogen-bond donors (Lipinski definition) is 0. The second-order valence-electron chi connectivity index (χ2n) is 8.52. The maximum Gasteiger partial charge on any atom is 0.421 e. The lowest BCUT2D eigenvalue weighted by molar-refractivity contribution is -0.131. The van der Waals surface area contributed by atoms with Gasteiger partial charge in [0.25, 0.3) is 21.8 Å². The van der Waals surface area contributed by atoms with Crippen LogP contribution in [0.25, 0.3) is 0 Å². The number of anilines is 2. The number of methoxy groups -OCH3 is 1. The molecule has 0 radical (unpaired) electrons. The Labute approximate surface area is 240 Å². The number of benzene rings is 1. The molecule has 0 saturated carbocycles. The summed E-state index contributed by atoms with van der Waals surface area (Å²) in [4.78, 5) is 39.0. The van der Waals surface area contributed by atoms with Gasteiger partial charge in [0.05, 0.1) is 12.3 Å². The van der Waals surface area contributed by atoms with E-state index in [1.165, 1.54) is 32.4 Å². The average molecular weight is 614 g/mol.